The van der Waals surface area contributed by atoms with Crippen LogP contribution in [-0.2, 0) is 6.54 Å². The van der Waals surface area contributed by atoms with Gasteiger partial charge in [-0.25, -0.2) is 0 Å². The van der Waals surface area contributed by atoms with Gasteiger partial charge < -0.3 is 10.6 Å². The standard InChI is InChI=1S/C14H20N2OS/c1-15-13(17)12-5-3-11(4-6-12)9-16-10-14(18-2)7-8-14/h3-6,16H,7-10H2,1-2H3,(H,15,17). The van der Waals surface area contributed by atoms with E-state index in [4.69, 9.17) is 0 Å². The van der Waals surface area contributed by atoms with Gasteiger partial charge in [0.05, 0.1) is 0 Å². The second-order valence-electron chi connectivity index (χ2n) is 4.77. The lowest BCUT2D eigenvalue weighted by Crippen LogP contribution is -2.25. The van der Waals surface area contributed by atoms with Crippen LogP contribution in [0.2, 0.25) is 0 Å². The van der Waals surface area contributed by atoms with Crippen LogP contribution in [0.25, 0.3) is 0 Å². The van der Waals surface area contributed by atoms with Gasteiger partial charge in [0.2, 0.25) is 0 Å². The summed E-state index contributed by atoms with van der Waals surface area (Å²) < 4.78 is 0.502. The Morgan fingerprint density at radius 1 is 1.33 bits per heavy atom. The fourth-order valence-electron chi connectivity index (χ4n) is 1.95. The molecule has 1 aliphatic rings. The fraction of sp³-hybridized carbons (Fsp3) is 0.500. The van der Waals surface area contributed by atoms with Crippen LogP contribution in [0.15, 0.2) is 24.3 Å². The highest BCUT2D eigenvalue weighted by molar-refractivity contribution is 8.00. The molecule has 0 spiro atoms. The monoisotopic (exact) mass is 264 g/mol. The molecule has 1 saturated carbocycles. The second kappa shape index (κ2) is 5.76. The molecule has 0 radical (unpaired) electrons. The molecule has 0 aliphatic heterocycles. The van der Waals surface area contributed by atoms with Crippen molar-refractivity contribution in [3.63, 3.8) is 0 Å². The number of thioether (sulfide) groups is 1. The summed E-state index contributed by atoms with van der Waals surface area (Å²) in [7, 11) is 1.65. The van der Waals surface area contributed by atoms with E-state index in [1.54, 1.807) is 7.05 Å². The molecule has 0 atom stereocenters. The van der Waals surface area contributed by atoms with E-state index in [2.05, 4.69) is 16.9 Å². The third-order valence-electron chi connectivity index (χ3n) is 3.46. The van der Waals surface area contributed by atoms with Gasteiger partial charge in [-0.15, -0.1) is 0 Å². The van der Waals surface area contributed by atoms with Crippen LogP contribution in [-0.4, -0.2) is 30.5 Å². The predicted molar refractivity (Wildman–Crippen MR) is 77.0 cm³/mol. The summed E-state index contributed by atoms with van der Waals surface area (Å²) in [6.45, 7) is 1.95. The Bertz CT molecular complexity index is 412. The highest BCUT2D eigenvalue weighted by Gasteiger charge is 2.41. The molecule has 18 heavy (non-hydrogen) atoms. The van der Waals surface area contributed by atoms with Crippen molar-refractivity contribution in [2.24, 2.45) is 0 Å². The number of hydrogen-bond acceptors (Lipinski definition) is 3. The van der Waals surface area contributed by atoms with Crippen LogP contribution in [0.4, 0.5) is 0 Å². The molecule has 0 bridgehead atoms. The van der Waals surface area contributed by atoms with Crippen molar-refractivity contribution in [2.75, 3.05) is 19.8 Å². The van der Waals surface area contributed by atoms with Gasteiger partial charge in [-0.1, -0.05) is 12.1 Å². The summed E-state index contributed by atoms with van der Waals surface area (Å²) >= 11 is 1.97. The van der Waals surface area contributed by atoms with Crippen molar-refractivity contribution in [1.29, 1.82) is 0 Å². The minimum atomic E-state index is -0.0335. The van der Waals surface area contributed by atoms with Crippen molar-refractivity contribution in [1.82, 2.24) is 10.6 Å². The Kier molecular flexibility index (Phi) is 4.30. The van der Waals surface area contributed by atoms with Gasteiger partial charge in [0.25, 0.3) is 5.91 Å². The molecule has 1 fully saturated rings. The fourth-order valence-corrected chi connectivity index (χ4v) is 2.70. The van der Waals surface area contributed by atoms with Crippen molar-refractivity contribution >= 4 is 17.7 Å². The zero-order valence-electron chi connectivity index (χ0n) is 11.0. The minimum absolute atomic E-state index is 0.0335. The molecule has 1 aromatic carbocycles. The van der Waals surface area contributed by atoms with Gasteiger partial charge in [0.1, 0.15) is 0 Å². The van der Waals surface area contributed by atoms with Crippen LogP contribution < -0.4 is 10.6 Å². The smallest absolute Gasteiger partial charge is 0.251 e. The van der Waals surface area contributed by atoms with Crippen LogP contribution in [0.3, 0.4) is 0 Å². The predicted octanol–water partition coefficient (Wildman–Crippen LogP) is 2.03. The second-order valence-corrected chi connectivity index (χ2v) is 6.04. The average molecular weight is 264 g/mol. The first-order chi connectivity index (χ1) is 8.69. The summed E-state index contributed by atoms with van der Waals surface area (Å²) in [5.74, 6) is -0.0335. The maximum absolute atomic E-state index is 11.4. The summed E-state index contributed by atoms with van der Waals surface area (Å²) in [5.41, 5.74) is 1.93. The number of carbonyl (C=O) groups is 1. The highest BCUT2D eigenvalue weighted by atomic mass is 32.2. The Hall–Kier alpha value is -1.00. The largest absolute Gasteiger partial charge is 0.355 e. The molecule has 0 unspecified atom stereocenters. The lowest BCUT2D eigenvalue weighted by Gasteiger charge is -2.13. The quantitative estimate of drug-likeness (QED) is 0.826. The Labute approximate surface area is 113 Å². The molecule has 0 saturated heterocycles. The van der Waals surface area contributed by atoms with Crippen molar-refractivity contribution in [3.05, 3.63) is 35.4 Å². The van der Waals surface area contributed by atoms with Crippen molar-refractivity contribution in [3.8, 4) is 0 Å². The zero-order valence-corrected chi connectivity index (χ0v) is 11.8. The van der Waals surface area contributed by atoms with Crippen LogP contribution in [0, 0.1) is 0 Å². The van der Waals surface area contributed by atoms with E-state index in [1.165, 1.54) is 18.4 Å². The van der Waals surface area contributed by atoms with Crippen molar-refractivity contribution < 1.29 is 4.79 Å². The Morgan fingerprint density at radius 3 is 2.50 bits per heavy atom. The maximum Gasteiger partial charge on any atom is 0.251 e. The number of amides is 1. The van der Waals surface area contributed by atoms with Gasteiger partial charge in [-0.2, -0.15) is 11.8 Å². The zero-order chi connectivity index (χ0) is 13.0. The molecule has 2 N–H and O–H groups in total. The molecule has 0 aromatic heterocycles. The molecular weight excluding hydrogens is 244 g/mol. The van der Waals surface area contributed by atoms with E-state index in [0.29, 0.717) is 10.3 Å². The van der Waals surface area contributed by atoms with Crippen LogP contribution >= 0.6 is 11.8 Å². The number of rotatable bonds is 6. The van der Waals surface area contributed by atoms with Crippen molar-refractivity contribution in [2.45, 2.75) is 24.1 Å². The molecule has 3 nitrogen and oxygen atoms in total. The van der Waals surface area contributed by atoms with Gasteiger partial charge in [-0.05, 0) is 36.8 Å². The molecule has 1 aliphatic carbocycles. The first kappa shape index (κ1) is 13.4. The third kappa shape index (κ3) is 3.27. The minimum Gasteiger partial charge on any atom is -0.355 e. The van der Waals surface area contributed by atoms with Gasteiger partial charge in [0, 0.05) is 30.4 Å². The first-order valence-corrected chi connectivity index (χ1v) is 7.48. The first-order valence-electron chi connectivity index (χ1n) is 6.26. The SMILES string of the molecule is CNC(=O)c1ccc(CNCC2(SC)CC2)cc1. The molecular formula is C14H20N2OS. The normalized spacial score (nSPS) is 16.3. The van der Waals surface area contributed by atoms with E-state index in [0.717, 1.165) is 13.1 Å². The summed E-state index contributed by atoms with van der Waals surface area (Å²) in [5, 5.41) is 6.12. The van der Waals surface area contributed by atoms with E-state index in [1.807, 2.05) is 36.0 Å². The topological polar surface area (TPSA) is 41.1 Å². The summed E-state index contributed by atoms with van der Waals surface area (Å²) in [6, 6.07) is 7.76. The maximum atomic E-state index is 11.4. The van der Waals surface area contributed by atoms with E-state index in [9.17, 15) is 4.79 Å². The highest BCUT2D eigenvalue weighted by Crippen LogP contribution is 2.46. The lowest BCUT2D eigenvalue weighted by molar-refractivity contribution is 0.0963. The van der Waals surface area contributed by atoms with Gasteiger partial charge >= 0.3 is 0 Å². The van der Waals surface area contributed by atoms with Gasteiger partial charge in [-0.3, -0.25) is 4.79 Å². The summed E-state index contributed by atoms with van der Waals surface area (Å²) in [6.07, 6.45) is 4.85. The molecule has 0 heterocycles. The molecule has 1 aromatic rings. The molecule has 2 rings (SSSR count). The number of nitrogens with one attached hydrogen (secondary N) is 2. The number of hydrogen-bond donors (Lipinski definition) is 2. The van der Waals surface area contributed by atoms with Crippen LogP contribution in [0.5, 0.6) is 0 Å². The summed E-state index contributed by atoms with van der Waals surface area (Å²) in [4.78, 5) is 11.4. The number of carbonyl (C=O) groups excluding carboxylic acids is 1. The lowest BCUT2D eigenvalue weighted by atomic mass is 10.1. The van der Waals surface area contributed by atoms with Crippen LogP contribution in [0.1, 0.15) is 28.8 Å². The van der Waals surface area contributed by atoms with Gasteiger partial charge in [0.15, 0.2) is 0 Å². The Morgan fingerprint density at radius 2 is 2.00 bits per heavy atom. The van der Waals surface area contributed by atoms with E-state index in [-0.39, 0.29) is 5.91 Å². The molecule has 98 valence electrons. The average Bonchev–Trinajstić information content (AvgIpc) is 3.19. The van der Waals surface area contributed by atoms with E-state index < -0.39 is 0 Å². The number of benzene rings is 1. The molecule has 4 heteroatoms. The molecule has 1 amide bonds. The Balaban J connectivity index is 1.81. The van der Waals surface area contributed by atoms with E-state index >= 15 is 0 Å². The third-order valence-corrected chi connectivity index (χ3v) is 4.88.